The Hall–Kier alpha value is -1.46. The number of carbonyl (C=O) groups excluding carboxylic acids is 1. The lowest BCUT2D eigenvalue weighted by Gasteiger charge is -2.04. The lowest BCUT2D eigenvalue weighted by Crippen LogP contribution is -2.27. The number of hydrogen-bond acceptors (Lipinski definition) is 3. The average Bonchev–Trinajstić information content (AvgIpc) is 2.90. The monoisotopic (exact) mass is 293 g/mol. The molecule has 1 unspecified atom stereocenters. The molecule has 19 heavy (non-hydrogen) atoms. The van der Waals surface area contributed by atoms with Crippen LogP contribution in [0.5, 0.6) is 0 Å². The van der Waals surface area contributed by atoms with Crippen LogP contribution in [0.15, 0.2) is 47.8 Å². The average molecular weight is 293 g/mol. The minimum Gasteiger partial charge on any atom is -0.350 e. The predicted octanol–water partition coefficient (Wildman–Crippen LogP) is 2.31. The van der Waals surface area contributed by atoms with Crippen LogP contribution in [0.2, 0.25) is 0 Å². The van der Waals surface area contributed by atoms with Gasteiger partial charge in [0, 0.05) is 21.4 Å². The molecule has 0 saturated carbocycles. The van der Waals surface area contributed by atoms with Crippen molar-refractivity contribution in [1.82, 2.24) is 5.32 Å². The van der Waals surface area contributed by atoms with Crippen LogP contribution >= 0.6 is 11.3 Å². The predicted molar refractivity (Wildman–Crippen MR) is 79.3 cm³/mol. The van der Waals surface area contributed by atoms with E-state index in [1.54, 1.807) is 11.3 Å². The number of nitrogens with one attached hydrogen (secondary N) is 1. The van der Waals surface area contributed by atoms with Crippen molar-refractivity contribution in [2.75, 3.05) is 5.75 Å². The first-order valence-corrected chi connectivity index (χ1v) is 8.29. The molecule has 1 N–H and O–H groups in total. The molecule has 2 rings (SSSR count). The number of carbonyl (C=O) groups is 1. The van der Waals surface area contributed by atoms with Gasteiger partial charge in [0.1, 0.15) is 5.75 Å². The van der Waals surface area contributed by atoms with Gasteiger partial charge in [-0.1, -0.05) is 36.4 Å². The third-order valence-electron chi connectivity index (χ3n) is 2.50. The van der Waals surface area contributed by atoms with Gasteiger partial charge in [-0.2, -0.15) is 0 Å². The first-order chi connectivity index (χ1) is 9.24. The third-order valence-corrected chi connectivity index (χ3v) is 4.62. The Kier molecular flexibility index (Phi) is 5.30. The maximum absolute atomic E-state index is 11.8. The highest BCUT2D eigenvalue weighted by molar-refractivity contribution is 7.84. The SMILES string of the molecule is O=C(CS(=O)Cc1ccccc1)NCc1cccs1. The van der Waals surface area contributed by atoms with Crippen molar-refractivity contribution in [3.05, 3.63) is 58.3 Å². The van der Waals surface area contributed by atoms with E-state index in [2.05, 4.69) is 5.32 Å². The minimum absolute atomic E-state index is 0.0558. The van der Waals surface area contributed by atoms with Crippen LogP contribution in [0.1, 0.15) is 10.4 Å². The summed E-state index contributed by atoms with van der Waals surface area (Å²) in [6, 6.07) is 13.5. The summed E-state index contributed by atoms with van der Waals surface area (Å²) < 4.78 is 11.8. The van der Waals surface area contributed by atoms with Crippen molar-refractivity contribution < 1.29 is 9.00 Å². The quantitative estimate of drug-likeness (QED) is 0.888. The molecule has 0 aliphatic carbocycles. The Morgan fingerprint density at radius 2 is 1.95 bits per heavy atom. The fraction of sp³-hybridized carbons (Fsp3) is 0.214. The minimum atomic E-state index is -1.16. The lowest BCUT2D eigenvalue weighted by molar-refractivity contribution is -0.118. The largest absolute Gasteiger partial charge is 0.350 e. The van der Waals surface area contributed by atoms with Gasteiger partial charge in [-0.15, -0.1) is 11.3 Å². The van der Waals surface area contributed by atoms with E-state index in [0.29, 0.717) is 12.3 Å². The number of thiophene rings is 1. The van der Waals surface area contributed by atoms with E-state index in [1.165, 1.54) is 0 Å². The summed E-state index contributed by atoms with van der Waals surface area (Å²) in [5, 5.41) is 4.75. The van der Waals surface area contributed by atoms with E-state index >= 15 is 0 Å². The first kappa shape index (κ1) is 14.0. The first-order valence-electron chi connectivity index (χ1n) is 5.92. The fourth-order valence-corrected chi connectivity index (χ4v) is 3.31. The van der Waals surface area contributed by atoms with Crippen molar-refractivity contribution in [2.45, 2.75) is 12.3 Å². The van der Waals surface area contributed by atoms with Gasteiger partial charge < -0.3 is 5.32 Å². The Labute approximate surface area is 119 Å². The molecule has 0 spiro atoms. The smallest absolute Gasteiger partial charge is 0.232 e. The summed E-state index contributed by atoms with van der Waals surface area (Å²) in [4.78, 5) is 12.7. The van der Waals surface area contributed by atoms with Gasteiger partial charge in [-0.05, 0) is 17.0 Å². The molecule has 0 aliphatic rings. The molecular weight excluding hydrogens is 278 g/mol. The highest BCUT2D eigenvalue weighted by atomic mass is 32.2. The van der Waals surface area contributed by atoms with E-state index in [4.69, 9.17) is 0 Å². The summed E-state index contributed by atoms with van der Waals surface area (Å²) in [5.41, 5.74) is 0.992. The van der Waals surface area contributed by atoms with Crippen LogP contribution in [0.4, 0.5) is 0 Å². The molecule has 0 bridgehead atoms. The molecule has 1 aromatic carbocycles. The molecule has 0 fully saturated rings. The van der Waals surface area contributed by atoms with Crippen LogP contribution in [-0.2, 0) is 27.9 Å². The molecule has 2 aromatic rings. The molecule has 3 nitrogen and oxygen atoms in total. The Morgan fingerprint density at radius 3 is 2.63 bits per heavy atom. The second-order valence-corrected chi connectivity index (χ2v) is 6.56. The van der Waals surface area contributed by atoms with E-state index in [-0.39, 0.29) is 11.7 Å². The van der Waals surface area contributed by atoms with Gasteiger partial charge >= 0.3 is 0 Å². The summed E-state index contributed by atoms with van der Waals surface area (Å²) in [5.74, 6) is 0.315. The van der Waals surface area contributed by atoms with Crippen LogP contribution in [-0.4, -0.2) is 15.9 Å². The van der Waals surface area contributed by atoms with E-state index in [0.717, 1.165) is 10.4 Å². The van der Waals surface area contributed by atoms with Crippen LogP contribution in [0, 0.1) is 0 Å². The van der Waals surface area contributed by atoms with Gasteiger partial charge in [0.15, 0.2) is 0 Å². The van der Waals surface area contributed by atoms with Crippen molar-refractivity contribution in [3.8, 4) is 0 Å². The fourth-order valence-electron chi connectivity index (χ4n) is 1.61. The zero-order chi connectivity index (χ0) is 13.5. The molecule has 5 heteroatoms. The van der Waals surface area contributed by atoms with E-state index in [1.807, 2.05) is 47.8 Å². The molecular formula is C14H15NO2S2. The van der Waals surface area contributed by atoms with E-state index < -0.39 is 10.8 Å². The summed E-state index contributed by atoms with van der Waals surface area (Å²) >= 11 is 1.60. The third kappa shape index (κ3) is 4.96. The zero-order valence-corrected chi connectivity index (χ0v) is 12.0. The topological polar surface area (TPSA) is 46.2 Å². The van der Waals surface area contributed by atoms with Gasteiger partial charge in [-0.25, -0.2) is 0 Å². The van der Waals surface area contributed by atoms with Crippen LogP contribution in [0.25, 0.3) is 0 Å². The van der Waals surface area contributed by atoms with Crippen molar-refractivity contribution in [1.29, 1.82) is 0 Å². The normalized spacial score (nSPS) is 12.0. The summed E-state index contributed by atoms with van der Waals surface area (Å²) in [6.45, 7) is 0.513. The lowest BCUT2D eigenvalue weighted by atomic mass is 10.2. The Morgan fingerprint density at radius 1 is 1.16 bits per heavy atom. The van der Waals surface area contributed by atoms with Gasteiger partial charge in [0.2, 0.25) is 5.91 Å². The second kappa shape index (κ2) is 7.21. The standard InChI is InChI=1S/C14H15NO2S2/c16-14(15-9-13-7-4-8-18-13)11-19(17)10-12-5-2-1-3-6-12/h1-8H,9-11H2,(H,15,16). The second-order valence-electron chi connectivity index (χ2n) is 4.07. The van der Waals surface area contributed by atoms with Crippen LogP contribution in [0.3, 0.4) is 0 Å². The number of benzene rings is 1. The highest BCUT2D eigenvalue weighted by Crippen LogP contribution is 2.07. The molecule has 100 valence electrons. The molecule has 0 aliphatic heterocycles. The summed E-state index contributed by atoms with van der Waals surface area (Å²) in [6.07, 6.45) is 0. The van der Waals surface area contributed by atoms with Crippen LogP contribution < -0.4 is 5.32 Å². The number of hydrogen-bond donors (Lipinski definition) is 1. The Balaban J connectivity index is 1.74. The maximum Gasteiger partial charge on any atom is 0.232 e. The van der Waals surface area contributed by atoms with Crippen molar-refractivity contribution in [2.24, 2.45) is 0 Å². The Bertz CT molecular complexity index is 538. The van der Waals surface area contributed by atoms with Gasteiger partial charge in [0.25, 0.3) is 0 Å². The molecule has 0 radical (unpaired) electrons. The summed E-state index contributed by atoms with van der Waals surface area (Å²) in [7, 11) is -1.16. The highest BCUT2D eigenvalue weighted by Gasteiger charge is 2.08. The van der Waals surface area contributed by atoms with Crippen molar-refractivity contribution >= 4 is 28.0 Å². The molecule has 1 aromatic heterocycles. The van der Waals surface area contributed by atoms with Gasteiger partial charge in [-0.3, -0.25) is 9.00 Å². The number of amides is 1. The molecule has 0 saturated heterocycles. The molecule has 1 heterocycles. The van der Waals surface area contributed by atoms with Crippen molar-refractivity contribution in [3.63, 3.8) is 0 Å². The zero-order valence-electron chi connectivity index (χ0n) is 10.4. The number of rotatable bonds is 6. The maximum atomic E-state index is 11.8. The van der Waals surface area contributed by atoms with Gasteiger partial charge in [0.05, 0.1) is 6.54 Å². The molecule has 1 atom stereocenters. The molecule has 1 amide bonds. The van der Waals surface area contributed by atoms with E-state index in [9.17, 15) is 9.00 Å².